The number of carbonyl (C=O) groups is 1. The second-order valence-electron chi connectivity index (χ2n) is 2.36. The van der Waals surface area contributed by atoms with Gasteiger partial charge in [0.15, 0.2) is 0 Å². The van der Waals surface area contributed by atoms with Gasteiger partial charge in [-0.25, -0.2) is 0 Å². The van der Waals surface area contributed by atoms with Gasteiger partial charge in [-0.3, -0.25) is 4.79 Å². The van der Waals surface area contributed by atoms with Gasteiger partial charge in [0.25, 0.3) is 0 Å². The summed E-state index contributed by atoms with van der Waals surface area (Å²) >= 11 is 0. The van der Waals surface area contributed by atoms with Gasteiger partial charge in [-0.15, -0.1) is 0 Å². The topological polar surface area (TPSA) is 40.5 Å². The SMILES string of the molecule is C=CC(=O)N1CCCC1O. The van der Waals surface area contributed by atoms with Crippen LogP contribution in [0.25, 0.3) is 0 Å². The van der Waals surface area contributed by atoms with Crippen molar-refractivity contribution in [1.29, 1.82) is 0 Å². The first-order chi connectivity index (χ1) is 4.75. The molecule has 0 saturated carbocycles. The van der Waals surface area contributed by atoms with Crippen molar-refractivity contribution in [3.8, 4) is 0 Å². The highest BCUT2D eigenvalue weighted by Gasteiger charge is 2.24. The van der Waals surface area contributed by atoms with Gasteiger partial charge in [0, 0.05) is 6.54 Å². The molecule has 1 N–H and O–H groups in total. The molecule has 0 radical (unpaired) electrons. The van der Waals surface area contributed by atoms with Crippen molar-refractivity contribution in [3.05, 3.63) is 12.7 Å². The first-order valence-corrected chi connectivity index (χ1v) is 3.37. The predicted octanol–water partition coefficient (Wildman–Crippen LogP) is 0.113. The third-order valence-electron chi connectivity index (χ3n) is 1.68. The highest BCUT2D eigenvalue weighted by Crippen LogP contribution is 2.14. The molecular weight excluding hydrogens is 130 g/mol. The van der Waals surface area contributed by atoms with E-state index < -0.39 is 6.23 Å². The van der Waals surface area contributed by atoms with Gasteiger partial charge in [-0.1, -0.05) is 6.58 Å². The lowest BCUT2D eigenvalue weighted by Crippen LogP contribution is -2.33. The number of aliphatic hydroxyl groups excluding tert-OH is 1. The van der Waals surface area contributed by atoms with Crippen LogP contribution in [0.1, 0.15) is 12.8 Å². The van der Waals surface area contributed by atoms with E-state index in [-0.39, 0.29) is 5.91 Å². The average Bonchev–Trinajstić information content (AvgIpc) is 2.34. The van der Waals surface area contributed by atoms with E-state index in [4.69, 9.17) is 5.11 Å². The second-order valence-corrected chi connectivity index (χ2v) is 2.36. The minimum absolute atomic E-state index is 0.176. The van der Waals surface area contributed by atoms with E-state index in [1.165, 1.54) is 11.0 Å². The molecule has 1 aliphatic rings. The van der Waals surface area contributed by atoms with E-state index in [9.17, 15) is 4.79 Å². The molecule has 1 aliphatic heterocycles. The van der Waals surface area contributed by atoms with Crippen LogP contribution in [-0.4, -0.2) is 28.7 Å². The van der Waals surface area contributed by atoms with Gasteiger partial charge in [0.05, 0.1) is 0 Å². The van der Waals surface area contributed by atoms with Crippen LogP contribution in [0.15, 0.2) is 12.7 Å². The van der Waals surface area contributed by atoms with E-state index in [2.05, 4.69) is 6.58 Å². The Bertz CT molecular complexity index is 156. The fourth-order valence-electron chi connectivity index (χ4n) is 1.12. The fourth-order valence-corrected chi connectivity index (χ4v) is 1.12. The molecule has 1 unspecified atom stereocenters. The van der Waals surface area contributed by atoms with Crippen molar-refractivity contribution in [2.45, 2.75) is 19.1 Å². The molecule has 1 rings (SSSR count). The Hall–Kier alpha value is -0.830. The number of hydrogen-bond acceptors (Lipinski definition) is 2. The van der Waals surface area contributed by atoms with Crippen LogP contribution >= 0.6 is 0 Å². The summed E-state index contributed by atoms with van der Waals surface area (Å²) in [5, 5.41) is 9.15. The minimum Gasteiger partial charge on any atom is -0.374 e. The smallest absolute Gasteiger partial charge is 0.247 e. The molecule has 3 nitrogen and oxygen atoms in total. The first kappa shape index (κ1) is 7.28. The Morgan fingerprint density at radius 3 is 2.90 bits per heavy atom. The Morgan fingerprint density at radius 1 is 1.80 bits per heavy atom. The van der Waals surface area contributed by atoms with Crippen LogP contribution in [0.3, 0.4) is 0 Å². The summed E-state index contributed by atoms with van der Waals surface area (Å²) in [7, 11) is 0. The molecular formula is C7H11NO2. The minimum atomic E-state index is -0.578. The van der Waals surface area contributed by atoms with Crippen LogP contribution in [0, 0.1) is 0 Å². The number of rotatable bonds is 1. The summed E-state index contributed by atoms with van der Waals surface area (Å²) in [4.78, 5) is 12.3. The van der Waals surface area contributed by atoms with Crippen molar-refractivity contribution < 1.29 is 9.90 Å². The summed E-state index contributed by atoms with van der Waals surface area (Å²) in [6.45, 7) is 4.00. The van der Waals surface area contributed by atoms with Crippen molar-refractivity contribution in [1.82, 2.24) is 4.90 Å². The van der Waals surface area contributed by atoms with Crippen LogP contribution in [0.5, 0.6) is 0 Å². The summed E-state index contributed by atoms with van der Waals surface area (Å²) in [6.07, 6.45) is 2.24. The molecule has 1 amide bonds. The fraction of sp³-hybridized carbons (Fsp3) is 0.571. The van der Waals surface area contributed by atoms with Gasteiger partial charge in [-0.05, 0) is 18.9 Å². The molecule has 1 saturated heterocycles. The molecule has 1 fully saturated rings. The monoisotopic (exact) mass is 141 g/mol. The first-order valence-electron chi connectivity index (χ1n) is 3.37. The third kappa shape index (κ3) is 1.19. The number of nitrogens with zero attached hydrogens (tertiary/aromatic N) is 1. The number of amides is 1. The lowest BCUT2D eigenvalue weighted by Gasteiger charge is -2.17. The number of aliphatic hydroxyl groups is 1. The summed E-state index contributed by atoms with van der Waals surface area (Å²) in [5.41, 5.74) is 0. The maximum absolute atomic E-state index is 10.9. The van der Waals surface area contributed by atoms with E-state index in [1.54, 1.807) is 0 Å². The molecule has 56 valence electrons. The molecule has 0 aromatic carbocycles. The zero-order valence-corrected chi connectivity index (χ0v) is 5.79. The van der Waals surface area contributed by atoms with Gasteiger partial charge < -0.3 is 10.0 Å². The highest BCUT2D eigenvalue weighted by atomic mass is 16.3. The molecule has 0 aromatic rings. The molecule has 3 heteroatoms. The van der Waals surface area contributed by atoms with Crippen molar-refractivity contribution in [3.63, 3.8) is 0 Å². The Kier molecular flexibility index (Phi) is 2.06. The second kappa shape index (κ2) is 2.84. The van der Waals surface area contributed by atoms with Crippen molar-refractivity contribution in [2.24, 2.45) is 0 Å². The van der Waals surface area contributed by atoms with E-state index >= 15 is 0 Å². The van der Waals surface area contributed by atoms with Gasteiger partial charge in [0.2, 0.25) is 5.91 Å². The Morgan fingerprint density at radius 2 is 2.50 bits per heavy atom. The summed E-state index contributed by atoms with van der Waals surface area (Å²) in [6, 6.07) is 0. The van der Waals surface area contributed by atoms with Crippen molar-refractivity contribution in [2.75, 3.05) is 6.54 Å². The number of likely N-dealkylation sites (tertiary alicyclic amines) is 1. The van der Waals surface area contributed by atoms with E-state index in [0.29, 0.717) is 13.0 Å². The molecule has 0 aromatic heterocycles. The van der Waals surface area contributed by atoms with Crippen LogP contribution in [0.4, 0.5) is 0 Å². The van der Waals surface area contributed by atoms with Gasteiger partial charge in [0.1, 0.15) is 6.23 Å². The standard InChI is InChI=1S/C7H11NO2/c1-2-6(9)8-5-3-4-7(8)10/h2,7,10H,1,3-5H2. The third-order valence-corrected chi connectivity index (χ3v) is 1.68. The zero-order valence-electron chi connectivity index (χ0n) is 5.79. The lowest BCUT2D eigenvalue weighted by molar-refractivity contribution is -0.132. The summed E-state index contributed by atoms with van der Waals surface area (Å²) < 4.78 is 0. The quantitative estimate of drug-likeness (QED) is 0.527. The lowest BCUT2D eigenvalue weighted by atomic mass is 10.4. The van der Waals surface area contributed by atoms with Crippen LogP contribution in [0.2, 0.25) is 0 Å². The summed E-state index contributed by atoms with van der Waals surface area (Å²) in [5.74, 6) is -0.176. The largest absolute Gasteiger partial charge is 0.374 e. The normalized spacial score (nSPS) is 24.9. The molecule has 1 heterocycles. The van der Waals surface area contributed by atoms with Crippen LogP contribution in [-0.2, 0) is 4.79 Å². The molecule has 1 atom stereocenters. The number of hydrogen-bond donors (Lipinski definition) is 1. The molecule has 0 bridgehead atoms. The zero-order chi connectivity index (χ0) is 7.56. The molecule has 10 heavy (non-hydrogen) atoms. The molecule has 0 aliphatic carbocycles. The Balaban J connectivity index is 2.54. The van der Waals surface area contributed by atoms with E-state index in [0.717, 1.165) is 6.42 Å². The maximum atomic E-state index is 10.9. The van der Waals surface area contributed by atoms with Gasteiger partial charge >= 0.3 is 0 Å². The van der Waals surface area contributed by atoms with Crippen LogP contribution < -0.4 is 0 Å². The highest BCUT2D eigenvalue weighted by molar-refractivity contribution is 5.87. The average molecular weight is 141 g/mol. The Labute approximate surface area is 59.9 Å². The predicted molar refractivity (Wildman–Crippen MR) is 37.2 cm³/mol. The van der Waals surface area contributed by atoms with E-state index in [1.807, 2.05) is 0 Å². The van der Waals surface area contributed by atoms with Crippen molar-refractivity contribution >= 4 is 5.91 Å². The number of carbonyl (C=O) groups excluding carboxylic acids is 1. The maximum Gasteiger partial charge on any atom is 0.247 e. The van der Waals surface area contributed by atoms with Gasteiger partial charge in [-0.2, -0.15) is 0 Å². The molecule has 0 spiro atoms.